The fraction of sp³-hybridized carbons (Fsp3) is 0.533. The molecule has 1 saturated carbocycles. The summed E-state index contributed by atoms with van der Waals surface area (Å²) in [4.78, 5) is 4.54. The smallest absolute Gasteiger partial charge is 0.192 e. The van der Waals surface area contributed by atoms with Gasteiger partial charge in [0.1, 0.15) is 5.76 Å². The number of hydrogen-bond acceptors (Lipinski definition) is 2. The van der Waals surface area contributed by atoms with E-state index in [9.17, 15) is 0 Å². The van der Waals surface area contributed by atoms with E-state index in [0.717, 1.165) is 18.1 Å². The minimum atomic E-state index is 0.499. The lowest BCUT2D eigenvalue weighted by Crippen LogP contribution is -2.42. The van der Waals surface area contributed by atoms with Gasteiger partial charge in [-0.2, -0.15) is 0 Å². The van der Waals surface area contributed by atoms with Crippen molar-refractivity contribution in [2.75, 3.05) is 13.1 Å². The Balaban J connectivity index is 1.82. The summed E-state index contributed by atoms with van der Waals surface area (Å²) in [6.45, 7) is 1.19. The van der Waals surface area contributed by atoms with Gasteiger partial charge in [0.25, 0.3) is 0 Å². The lowest BCUT2D eigenvalue weighted by Gasteiger charge is -2.16. The minimum Gasteiger partial charge on any atom is -0.469 e. The van der Waals surface area contributed by atoms with E-state index < -0.39 is 0 Å². The Bertz CT molecular complexity index is 425. The highest BCUT2D eigenvalue weighted by atomic mass is 16.3. The Hall–Kier alpha value is -1.89. The molecule has 0 bridgehead atoms. The van der Waals surface area contributed by atoms with Crippen LogP contribution in [-0.4, -0.2) is 25.1 Å². The minimum absolute atomic E-state index is 0.499. The molecule has 0 amide bonds. The molecule has 1 aromatic heterocycles. The second-order valence-electron chi connectivity index (χ2n) is 4.74. The lowest BCUT2D eigenvalue weighted by atomic mass is 10.2. The topological polar surface area (TPSA) is 49.6 Å². The molecule has 4 heteroatoms. The number of terminal acetylenes is 1. The molecule has 1 heterocycles. The zero-order valence-corrected chi connectivity index (χ0v) is 11.2. The van der Waals surface area contributed by atoms with E-state index in [1.807, 2.05) is 12.1 Å². The monoisotopic (exact) mass is 259 g/mol. The molecule has 19 heavy (non-hydrogen) atoms. The molecular weight excluding hydrogens is 238 g/mol. The van der Waals surface area contributed by atoms with Crippen LogP contribution in [0.1, 0.15) is 31.4 Å². The van der Waals surface area contributed by atoms with Crippen molar-refractivity contribution in [3.8, 4) is 12.3 Å². The van der Waals surface area contributed by atoms with Crippen LogP contribution < -0.4 is 10.6 Å². The van der Waals surface area contributed by atoms with Crippen LogP contribution >= 0.6 is 0 Å². The van der Waals surface area contributed by atoms with Crippen LogP contribution in [0.5, 0.6) is 0 Å². The normalized spacial score (nSPS) is 16.3. The average molecular weight is 259 g/mol. The zero-order valence-electron chi connectivity index (χ0n) is 11.2. The Morgan fingerprint density at radius 1 is 1.47 bits per heavy atom. The van der Waals surface area contributed by atoms with Gasteiger partial charge in [-0.3, -0.25) is 4.99 Å². The first kappa shape index (κ1) is 13.5. The maximum absolute atomic E-state index is 5.29. The maximum atomic E-state index is 5.29. The van der Waals surface area contributed by atoms with Crippen molar-refractivity contribution in [1.82, 2.24) is 10.6 Å². The van der Waals surface area contributed by atoms with Crippen molar-refractivity contribution < 1.29 is 4.42 Å². The largest absolute Gasteiger partial charge is 0.469 e. The first-order valence-corrected chi connectivity index (χ1v) is 6.89. The van der Waals surface area contributed by atoms with Crippen LogP contribution in [0.4, 0.5) is 0 Å². The van der Waals surface area contributed by atoms with Gasteiger partial charge < -0.3 is 15.1 Å². The third-order valence-corrected chi connectivity index (χ3v) is 3.26. The van der Waals surface area contributed by atoms with Gasteiger partial charge in [0.15, 0.2) is 5.96 Å². The molecule has 1 aromatic rings. The zero-order chi connectivity index (χ0) is 13.3. The van der Waals surface area contributed by atoms with E-state index in [2.05, 4.69) is 21.5 Å². The molecule has 0 radical (unpaired) electrons. The highest BCUT2D eigenvalue weighted by Crippen LogP contribution is 2.17. The van der Waals surface area contributed by atoms with Gasteiger partial charge in [-0.05, 0) is 25.0 Å². The number of nitrogens with zero attached hydrogens (tertiary/aromatic N) is 1. The average Bonchev–Trinajstić information content (AvgIpc) is 3.08. The molecule has 2 rings (SSSR count). The van der Waals surface area contributed by atoms with Crippen molar-refractivity contribution in [3.05, 3.63) is 24.2 Å². The molecule has 102 valence electrons. The summed E-state index contributed by atoms with van der Waals surface area (Å²) in [5, 5.41) is 6.59. The summed E-state index contributed by atoms with van der Waals surface area (Å²) in [7, 11) is 0. The summed E-state index contributed by atoms with van der Waals surface area (Å²) >= 11 is 0. The van der Waals surface area contributed by atoms with Crippen LogP contribution in [0.25, 0.3) is 0 Å². The molecule has 4 nitrogen and oxygen atoms in total. The first-order valence-electron chi connectivity index (χ1n) is 6.89. The third-order valence-electron chi connectivity index (χ3n) is 3.26. The predicted molar refractivity (Wildman–Crippen MR) is 76.9 cm³/mol. The molecule has 0 aliphatic heterocycles. The van der Waals surface area contributed by atoms with Gasteiger partial charge in [-0.25, -0.2) is 0 Å². The van der Waals surface area contributed by atoms with Crippen LogP contribution in [0, 0.1) is 12.3 Å². The fourth-order valence-electron chi connectivity index (χ4n) is 2.28. The molecule has 2 N–H and O–H groups in total. The number of hydrogen-bond donors (Lipinski definition) is 2. The second-order valence-corrected chi connectivity index (χ2v) is 4.74. The van der Waals surface area contributed by atoms with E-state index in [4.69, 9.17) is 10.8 Å². The molecule has 1 aliphatic carbocycles. The Morgan fingerprint density at radius 2 is 2.32 bits per heavy atom. The number of guanidine groups is 1. The van der Waals surface area contributed by atoms with Crippen LogP contribution in [-0.2, 0) is 6.42 Å². The first-order chi connectivity index (χ1) is 9.38. The predicted octanol–water partition coefficient (Wildman–Crippen LogP) is 1.93. The van der Waals surface area contributed by atoms with Crippen molar-refractivity contribution in [2.24, 2.45) is 4.99 Å². The van der Waals surface area contributed by atoms with Gasteiger partial charge >= 0.3 is 0 Å². The van der Waals surface area contributed by atoms with Gasteiger partial charge in [-0.1, -0.05) is 18.8 Å². The Labute approximate surface area is 114 Å². The third kappa shape index (κ3) is 4.70. The summed E-state index contributed by atoms with van der Waals surface area (Å²) in [6, 6.07) is 4.40. The molecule has 1 aliphatic rings. The number of nitrogens with one attached hydrogen (secondary N) is 2. The summed E-state index contributed by atoms with van der Waals surface area (Å²) in [6.07, 6.45) is 12.8. The quantitative estimate of drug-likeness (QED) is 0.482. The fourth-order valence-corrected chi connectivity index (χ4v) is 2.28. The van der Waals surface area contributed by atoms with E-state index in [1.165, 1.54) is 25.7 Å². The highest BCUT2D eigenvalue weighted by molar-refractivity contribution is 5.80. The number of furan rings is 1. The van der Waals surface area contributed by atoms with Crippen LogP contribution in [0.15, 0.2) is 27.8 Å². The summed E-state index contributed by atoms with van der Waals surface area (Å²) in [5.41, 5.74) is 0. The molecule has 1 fully saturated rings. The van der Waals surface area contributed by atoms with E-state index in [0.29, 0.717) is 19.1 Å². The van der Waals surface area contributed by atoms with Gasteiger partial charge in [0.2, 0.25) is 0 Å². The maximum Gasteiger partial charge on any atom is 0.192 e. The Kier molecular flexibility index (Phi) is 5.36. The van der Waals surface area contributed by atoms with E-state index in [-0.39, 0.29) is 0 Å². The summed E-state index contributed by atoms with van der Waals surface area (Å²) < 4.78 is 5.29. The lowest BCUT2D eigenvalue weighted by molar-refractivity contribution is 0.510. The highest BCUT2D eigenvalue weighted by Gasteiger charge is 2.15. The van der Waals surface area contributed by atoms with E-state index >= 15 is 0 Å². The standard InChI is InChI=1S/C15H21N3O/c1-2-10-16-15(18-13-6-3-4-7-13)17-11-9-14-8-5-12-19-14/h1,5,8,12-13H,3-4,6-7,9-11H2,(H2,16,17,18). The molecule has 0 atom stereocenters. The van der Waals surface area contributed by atoms with Gasteiger partial charge in [0, 0.05) is 19.0 Å². The molecule has 0 spiro atoms. The number of aliphatic imine (C=N–C) groups is 1. The second kappa shape index (κ2) is 7.52. The molecule has 0 saturated heterocycles. The number of rotatable bonds is 5. The van der Waals surface area contributed by atoms with Crippen molar-refractivity contribution >= 4 is 5.96 Å². The van der Waals surface area contributed by atoms with Gasteiger partial charge in [-0.15, -0.1) is 6.42 Å². The van der Waals surface area contributed by atoms with E-state index in [1.54, 1.807) is 6.26 Å². The van der Waals surface area contributed by atoms with Gasteiger partial charge in [0.05, 0.1) is 12.8 Å². The molecule has 0 unspecified atom stereocenters. The van der Waals surface area contributed by atoms with Crippen LogP contribution in [0.2, 0.25) is 0 Å². The summed E-state index contributed by atoms with van der Waals surface area (Å²) in [5.74, 6) is 4.35. The Morgan fingerprint density at radius 3 is 3.00 bits per heavy atom. The molecular formula is C15H21N3O. The molecule has 0 aromatic carbocycles. The van der Waals surface area contributed by atoms with Crippen molar-refractivity contribution in [3.63, 3.8) is 0 Å². The SMILES string of the molecule is C#CCNC(=NCCc1ccco1)NC1CCCC1. The van der Waals surface area contributed by atoms with Crippen LogP contribution in [0.3, 0.4) is 0 Å². The van der Waals surface area contributed by atoms with Crippen molar-refractivity contribution in [2.45, 2.75) is 38.1 Å². The van der Waals surface area contributed by atoms with Crippen molar-refractivity contribution in [1.29, 1.82) is 0 Å².